The van der Waals surface area contributed by atoms with Crippen molar-refractivity contribution in [3.63, 3.8) is 0 Å². The second-order valence-corrected chi connectivity index (χ2v) is 4.66. The molecule has 0 aliphatic heterocycles. The molecule has 0 aromatic heterocycles. The lowest BCUT2D eigenvalue weighted by Gasteiger charge is -2.10. The maximum atomic E-state index is 11.2. The number of carbonyl (C=O) groups is 1. The van der Waals surface area contributed by atoms with Crippen molar-refractivity contribution < 1.29 is 22.5 Å². The standard InChI is InChI=1S/C10H13NO5S/c1-3-10(12)11-8-6-7(17(13,14)15)4-5-9(8)16-2/h4-6H,3H2,1-2H3,(H,11,12)(H,13,14,15). The normalized spacial score (nSPS) is 11.0. The SMILES string of the molecule is CCC(=O)Nc1cc(S(=O)(=O)O)ccc1OC. The number of anilines is 1. The Labute approximate surface area is 99.3 Å². The van der Waals surface area contributed by atoms with Gasteiger partial charge in [0.05, 0.1) is 17.7 Å². The molecule has 17 heavy (non-hydrogen) atoms. The molecule has 0 bridgehead atoms. The molecule has 0 aliphatic rings. The van der Waals surface area contributed by atoms with Crippen molar-refractivity contribution in [1.82, 2.24) is 0 Å². The highest BCUT2D eigenvalue weighted by molar-refractivity contribution is 7.85. The van der Waals surface area contributed by atoms with Gasteiger partial charge in [0.2, 0.25) is 5.91 Å². The molecule has 0 aliphatic carbocycles. The van der Waals surface area contributed by atoms with Gasteiger partial charge in [-0.15, -0.1) is 0 Å². The molecule has 1 rings (SSSR count). The number of rotatable bonds is 4. The van der Waals surface area contributed by atoms with Crippen molar-refractivity contribution in [2.45, 2.75) is 18.2 Å². The summed E-state index contributed by atoms with van der Waals surface area (Å²) in [6, 6.07) is 3.69. The van der Waals surface area contributed by atoms with Gasteiger partial charge in [-0.1, -0.05) is 6.92 Å². The van der Waals surface area contributed by atoms with Gasteiger partial charge in [0.25, 0.3) is 10.1 Å². The van der Waals surface area contributed by atoms with E-state index in [1.807, 2.05) is 0 Å². The summed E-state index contributed by atoms with van der Waals surface area (Å²) in [6.45, 7) is 1.66. The number of hydrogen-bond acceptors (Lipinski definition) is 4. The summed E-state index contributed by atoms with van der Waals surface area (Å²) < 4.78 is 35.7. The first-order chi connectivity index (χ1) is 7.88. The monoisotopic (exact) mass is 259 g/mol. The Balaban J connectivity index is 3.20. The van der Waals surface area contributed by atoms with E-state index in [0.717, 1.165) is 6.07 Å². The van der Waals surface area contributed by atoms with Crippen molar-refractivity contribution in [3.05, 3.63) is 18.2 Å². The second kappa shape index (κ2) is 5.15. The lowest BCUT2D eigenvalue weighted by atomic mass is 10.3. The molecule has 1 aromatic rings. The molecular formula is C10H13NO5S. The quantitative estimate of drug-likeness (QED) is 0.795. The molecule has 0 atom stereocenters. The fourth-order valence-corrected chi connectivity index (χ4v) is 1.69. The van der Waals surface area contributed by atoms with Crippen molar-refractivity contribution in [2.24, 2.45) is 0 Å². The molecule has 1 amide bonds. The predicted octanol–water partition coefficient (Wildman–Crippen LogP) is 1.29. The number of nitrogens with one attached hydrogen (secondary N) is 1. The molecule has 0 radical (unpaired) electrons. The number of carbonyl (C=O) groups excluding carboxylic acids is 1. The van der Waals surface area contributed by atoms with Crippen LogP contribution in [0.5, 0.6) is 5.75 Å². The highest BCUT2D eigenvalue weighted by Crippen LogP contribution is 2.27. The van der Waals surface area contributed by atoms with E-state index in [1.54, 1.807) is 6.92 Å². The van der Waals surface area contributed by atoms with E-state index in [2.05, 4.69) is 5.32 Å². The number of benzene rings is 1. The molecule has 0 spiro atoms. The summed E-state index contributed by atoms with van der Waals surface area (Å²) in [5.41, 5.74) is 0.203. The van der Waals surface area contributed by atoms with Crippen LogP contribution in [0.25, 0.3) is 0 Å². The zero-order chi connectivity index (χ0) is 13.1. The highest BCUT2D eigenvalue weighted by Gasteiger charge is 2.14. The molecule has 94 valence electrons. The van der Waals surface area contributed by atoms with Crippen LogP contribution in [0.15, 0.2) is 23.1 Å². The molecule has 0 saturated carbocycles. The fraction of sp³-hybridized carbons (Fsp3) is 0.300. The fourth-order valence-electron chi connectivity index (χ4n) is 1.18. The minimum absolute atomic E-state index is 0.203. The summed E-state index contributed by atoms with van der Waals surface area (Å²) in [5, 5.41) is 2.48. The molecule has 2 N–H and O–H groups in total. The van der Waals surface area contributed by atoms with Gasteiger partial charge in [0.15, 0.2) is 0 Å². The predicted molar refractivity (Wildman–Crippen MR) is 61.7 cm³/mol. The minimum Gasteiger partial charge on any atom is -0.495 e. The lowest BCUT2D eigenvalue weighted by Crippen LogP contribution is -2.11. The first-order valence-electron chi connectivity index (χ1n) is 4.84. The Morgan fingerprint density at radius 3 is 2.59 bits per heavy atom. The van der Waals surface area contributed by atoms with E-state index in [-0.39, 0.29) is 22.9 Å². The maximum Gasteiger partial charge on any atom is 0.294 e. The van der Waals surface area contributed by atoms with Gasteiger partial charge in [0, 0.05) is 6.42 Å². The van der Waals surface area contributed by atoms with Gasteiger partial charge in [0.1, 0.15) is 5.75 Å². The Morgan fingerprint density at radius 2 is 2.12 bits per heavy atom. The Bertz CT molecular complexity index is 523. The topological polar surface area (TPSA) is 92.7 Å². The molecule has 0 saturated heterocycles. The summed E-state index contributed by atoms with van der Waals surface area (Å²) >= 11 is 0. The average molecular weight is 259 g/mol. The van der Waals surface area contributed by atoms with Crippen LogP contribution in [0.1, 0.15) is 13.3 Å². The van der Waals surface area contributed by atoms with E-state index in [0.29, 0.717) is 5.75 Å². The number of methoxy groups -OCH3 is 1. The zero-order valence-corrected chi connectivity index (χ0v) is 10.2. The van der Waals surface area contributed by atoms with Crippen molar-refractivity contribution in [1.29, 1.82) is 0 Å². The van der Waals surface area contributed by atoms with Crippen LogP contribution in [0.4, 0.5) is 5.69 Å². The van der Waals surface area contributed by atoms with Crippen molar-refractivity contribution in [3.8, 4) is 5.75 Å². The largest absolute Gasteiger partial charge is 0.495 e. The minimum atomic E-state index is -4.30. The zero-order valence-electron chi connectivity index (χ0n) is 9.43. The van der Waals surface area contributed by atoms with E-state index in [4.69, 9.17) is 9.29 Å². The number of amides is 1. The van der Waals surface area contributed by atoms with Gasteiger partial charge in [-0.05, 0) is 18.2 Å². The van der Waals surface area contributed by atoms with Gasteiger partial charge in [-0.2, -0.15) is 8.42 Å². The van der Waals surface area contributed by atoms with Crippen LogP contribution >= 0.6 is 0 Å². The van der Waals surface area contributed by atoms with E-state index in [9.17, 15) is 13.2 Å². The molecule has 6 nitrogen and oxygen atoms in total. The Morgan fingerprint density at radius 1 is 1.47 bits per heavy atom. The van der Waals surface area contributed by atoms with Gasteiger partial charge >= 0.3 is 0 Å². The van der Waals surface area contributed by atoms with Crippen LogP contribution in [-0.4, -0.2) is 26.0 Å². The summed E-state index contributed by atoms with van der Waals surface area (Å²) in [6.07, 6.45) is 0.249. The third-order valence-corrected chi connectivity index (χ3v) is 2.91. The molecule has 0 heterocycles. The second-order valence-electron chi connectivity index (χ2n) is 3.24. The third kappa shape index (κ3) is 3.43. The average Bonchev–Trinajstić information content (AvgIpc) is 2.27. The van der Waals surface area contributed by atoms with Crippen LogP contribution in [0, 0.1) is 0 Å². The lowest BCUT2D eigenvalue weighted by molar-refractivity contribution is -0.115. The van der Waals surface area contributed by atoms with Gasteiger partial charge in [-0.25, -0.2) is 0 Å². The number of hydrogen-bond donors (Lipinski definition) is 2. The van der Waals surface area contributed by atoms with Crippen LogP contribution < -0.4 is 10.1 Å². The Kier molecular flexibility index (Phi) is 4.08. The smallest absolute Gasteiger partial charge is 0.294 e. The van der Waals surface area contributed by atoms with Gasteiger partial charge in [-0.3, -0.25) is 9.35 Å². The number of ether oxygens (including phenoxy) is 1. The van der Waals surface area contributed by atoms with E-state index in [1.165, 1.54) is 19.2 Å². The highest BCUT2D eigenvalue weighted by atomic mass is 32.2. The summed E-state index contributed by atoms with van der Waals surface area (Å²) in [4.78, 5) is 10.9. The van der Waals surface area contributed by atoms with Crippen LogP contribution in [0.2, 0.25) is 0 Å². The maximum absolute atomic E-state index is 11.2. The van der Waals surface area contributed by atoms with Crippen LogP contribution in [-0.2, 0) is 14.9 Å². The molecular weight excluding hydrogens is 246 g/mol. The van der Waals surface area contributed by atoms with E-state index >= 15 is 0 Å². The summed E-state index contributed by atoms with van der Waals surface area (Å²) in [5.74, 6) is 0.0370. The first kappa shape index (κ1) is 13.5. The molecule has 7 heteroatoms. The Hall–Kier alpha value is -1.60. The van der Waals surface area contributed by atoms with E-state index < -0.39 is 10.1 Å². The third-order valence-electron chi connectivity index (χ3n) is 2.06. The van der Waals surface area contributed by atoms with Gasteiger partial charge < -0.3 is 10.1 Å². The summed E-state index contributed by atoms with van der Waals surface area (Å²) in [7, 11) is -2.91. The van der Waals surface area contributed by atoms with Crippen LogP contribution in [0.3, 0.4) is 0 Å². The molecule has 0 unspecified atom stereocenters. The molecule has 0 fully saturated rings. The van der Waals surface area contributed by atoms with Crippen molar-refractivity contribution >= 4 is 21.7 Å². The van der Waals surface area contributed by atoms with Crippen molar-refractivity contribution in [2.75, 3.05) is 12.4 Å². The first-order valence-corrected chi connectivity index (χ1v) is 6.28. The molecule has 1 aromatic carbocycles.